The summed E-state index contributed by atoms with van der Waals surface area (Å²) in [5, 5.41) is 26.9. The smallest absolute Gasteiger partial charge is 0.166 e. The molecular formula is C15H26N2O6. The van der Waals surface area contributed by atoms with Crippen LogP contribution in [0.1, 0.15) is 47.1 Å². The molecule has 0 aromatic heterocycles. The number of quaternary nitrogens is 2. The van der Waals surface area contributed by atoms with E-state index in [0.717, 1.165) is 5.56 Å². The highest BCUT2D eigenvalue weighted by atomic mass is 17.6. The lowest BCUT2D eigenvalue weighted by Crippen LogP contribution is -3.06. The second-order valence-electron chi connectivity index (χ2n) is 7.09. The van der Waals surface area contributed by atoms with E-state index in [1.165, 1.54) is 0 Å². The molecule has 2 N–H and O–H groups in total. The fourth-order valence-corrected chi connectivity index (χ4v) is 1.50. The van der Waals surface area contributed by atoms with Gasteiger partial charge in [-0.1, -0.05) is 0 Å². The third-order valence-corrected chi connectivity index (χ3v) is 2.35. The molecule has 8 heteroatoms. The highest BCUT2D eigenvalue weighted by Crippen LogP contribution is 2.08. The summed E-state index contributed by atoms with van der Waals surface area (Å²) in [7, 11) is 0. The summed E-state index contributed by atoms with van der Waals surface area (Å²) >= 11 is 0. The molecular weight excluding hydrogens is 304 g/mol. The molecule has 0 heterocycles. The second kappa shape index (κ2) is 8.13. The van der Waals surface area contributed by atoms with Gasteiger partial charge in [-0.2, -0.15) is 15.0 Å². The van der Waals surface area contributed by atoms with Crippen molar-refractivity contribution in [2.45, 2.75) is 59.3 Å². The van der Waals surface area contributed by atoms with Crippen LogP contribution in [0.3, 0.4) is 0 Å². The predicted molar refractivity (Wildman–Crippen MR) is 82.3 cm³/mol. The molecule has 2 unspecified atom stereocenters. The number of nitrogens with one attached hydrogen (secondary N) is 2. The van der Waals surface area contributed by atoms with Crippen LogP contribution in [0.15, 0.2) is 24.3 Å². The molecule has 0 aliphatic heterocycles. The maximum atomic E-state index is 11.7. The topological polar surface area (TPSA) is 91.9 Å². The molecule has 0 aliphatic carbocycles. The lowest BCUT2D eigenvalue weighted by molar-refractivity contribution is -1.08. The first-order valence-electron chi connectivity index (χ1n) is 7.34. The van der Waals surface area contributed by atoms with Crippen molar-refractivity contribution in [3.8, 4) is 0 Å². The van der Waals surface area contributed by atoms with E-state index in [-0.39, 0.29) is 17.5 Å². The fraction of sp³-hybridized carbons (Fsp3) is 0.600. The van der Waals surface area contributed by atoms with Gasteiger partial charge in [0.2, 0.25) is 0 Å². The van der Waals surface area contributed by atoms with E-state index in [4.69, 9.17) is 9.73 Å². The summed E-state index contributed by atoms with van der Waals surface area (Å²) < 4.78 is 0. The van der Waals surface area contributed by atoms with Gasteiger partial charge in [0, 0.05) is 22.7 Å². The van der Waals surface area contributed by atoms with E-state index in [0.29, 0.717) is 0 Å². The van der Waals surface area contributed by atoms with E-state index in [2.05, 4.69) is 10.0 Å². The fourth-order valence-electron chi connectivity index (χ4n) is 1.50. The number of hydrogen-bond acceptors (Lipinski definition) is 6. The Morgan fingerprint density at radius 1 is 0.913 bits per heavy atom. The van der Waals surface area contributed by atoms with Crippen LogP contribution in [0.4, 0.5) is 5.69 Å². The molecule has 132 valence electrons. The Labute approximate surface area is 136 Å². The Balaban J connectivity index is 2.49. The van der Waals surface area contributed by atoms with Gasteiger partial charge in [0.15, 0.2) is 5.69 Å². The Hall–Kier alpha value is -1.10. The minimum Gasteiger partial charge on any atom is -0.600 e. The van der Waals surface area contributed by atoms with Crippen molar-refractivity contribution in [2.75, 3.05) is 0 Å². The van der Waals surface area contributed by atoms with Gasteiger partial charge in [0.05, 0.1) is 5.60 Å². The molecule has 0 spiro atoms. The Morgan fingerprint density at radius 2 is 1.48 bits per heavy atom. The van der Waals surface area contributed by atoms with Gasteiger partial charge in [-0.05, 0) is 58.7 Å². The molecule has 2 atom stereocenters. The third kappa shape index (κ3) is 8.94. The summed E-state index contributed by atoms with van der Waals surface area (Å²) in [4.78, 5) is 14.6. The van der Waals surface area contributed by atoms with E-state index in [1.54, 1.807) is 45.0 Å². The summed E-state index contributed by atoms with van der Waals surface area (Å²) in [5.41, 5.74) is -0.0823. The highest BCUT2D eigenvalue weighted by Gasteiger charge is 2.17. The summed E-state index contributed by atoms with van der Waals surface area (Å²) in [5.74, 6) is 0. The van der Waals surface area contributed by atoms with Crippen LogP contribution in [0.2, 0.25) is 0 Å². The predicted octanol–water partition coefficient (Wildman–Crippen LogP) is 0.907. The average Bonchev–Trinajstić information content (AvgIpc) is 2.35. The largest absolute Gasteiger partial charge is 0.600 e. The van der Waals surface area contributed by atoms with E-state index >= 15 is 0 Å². The standard InChI is InChI=1S/C15H26N2O6/c1-14(2,3)20-16(18)11-12-7-9-13(10-8-12)17(19)22-23-21-15(4,5)6/h7-10,16-17H,11H2,1-6H3. The van der Waals surface area contributed by atoms with Crippen LogP contribution in [0, 0.1) is 10.4 Å². The van der Waals surface area contributed by atoms with Gasteiger partial charge in [-0.25, -0.2) is 5.23 Å². The minimum absolute atomic E-state index is 0.135. The first-order valence-corrected chi connectivity index (χ1v) is 7.34. The quantitative estimate of drug-likeness (QED) is 0.570. The molecule has 0 fully saturated rings. The van der Waals surface area contributed by atoms with Crippen LogP contribution < -0.4 is 10.5 Å². The van der Waals surface area contributed by atoms with Gasteiger partial charge in [-0.15, -0.1) is 0 Å². The molecule has 0 saturated carbocycles. The van der Waals surface area contributed by atoms with Gasteiger partial charge < -0.3 is 10.4 Å². The summed E-state index contributed by atoms with van der Waals surface area (Å²) in [6.45, 7) is 10.8. The van der Waals surface area contributed by atoms with Gasteiger partial charge in [0.1, 0.15) is 12.1 Å². The SMILES string of the molecule is CC(C)(C)OOO[NH+]([O-])c1ccc(C[NH+]([O-])OC(C)(C)C)cc1. The maximum absolute atomic E-state index is 11.7. The Kier molecular flexibility index (Phi) is 7.05. The van der Waals surface area contributed by atoms with Gasteiger partial charge >= 0.3 is 0 Å². The molecule has 0 bridgehead atoms. The van der Waals surface area contributed by atoms with Crippen molar-refractivity contribution in [3.05, 3.63) is 40.2 Å². The first kappa shape index (κ1) is 19.9. The molecule has 0 aliphatic rings. The van der Waals surface area contributed by atoms with Crippen LogP contribution in [0.5, 0.6) is 0 Å². The average molecular weight is 330 g/mol. The normalized spacial score (nSPS) is 15.5. The Morgan fingerprint density at radius 3 is 1.96 bits per heavy atom. The van der Waals surface area contributed by atoms with Crippen molar-refractivity contribution >= 4 is 5.69 Å². The second-order valence-corrected chi connectivity index (χ2v) is 7.09. The van der Waals surface area contributed by atoms with E-state index < -0.39 is 16.4 Å². The van der Waals surface area contributed by atoms with Crippen LogP contribution in [-0.4, -0.2) is 11.2 Å². The van der Waals surface area contributed by atoms with Gasteiger partial charge in [0.25, 0.3) is 0 Å². The van der Waals surface area contributed by atoms with Crippen LogP contribution in [-0.2, 0) is 26.3 Å². The number of hydroxylamine groups is 2. The van der Waals surface area contributed by atoms with E-state index in [9.17, 15) is 10.4 Å². The zero-order chi connectivity index (χ0) is 17.7. The molecule has 0 saturated heterocycles. The Bertz CT molecular complexity index is 466. The first-order chi connectivity index (χ1) is 10.5. The van der Waals surface area contributed by atoms with Crippen LogP contribution in [0.25, 0.3) is 0 Å². The zero-order valence-corrected chi connectivity index (χ0v) is 14.5. The van der Waals surface area contributed by atoms with Crippen molar-refractivity contribution in [3.63, 3.8) is 0 Å². The summed E-state index contributed by atoms with van der Waals surface area (Å²) in [6.07, 6.45) is 0. The lowest BCUT2D eigenvalue weighted by Gasteiger charge is -2.27. The summed E-state index contributed by atoms with van der Waals surface area (Å²) in [6, 6.07) is 6.40. The molecule has 1 rings (SSSR count). The minimum atomic E-state index is -0.682. The number of rotatable bonds is 7. The number of hydrogen-bond donors (Lipinski definition) is 2. The van der Waals surface area contributed by atoms with Gasteiger partial charge in [-0.3, -0.25) is 0 Å². The third-order valence-electron chi connectivity index (χ3n) is 2.35. The molecule has 0 amide bonds. The lowest BCUT2D eigenvalue weighted by atomic mass is 10.2. The molecule has 1 aromatic rings. The van der Waals surface area contributed by atoms with Crippen molar-refractivity contribution in [2.24, 2.45) is 0 Å². The van der Waals surface area contributed by atoms with Crippen molar-refractivity contribution < 1.29 is 30.2 Å². The van der Waals surface area contributed by atoms with Crippen LogP contribution >= 0.6 is 0 Å². The maximum Gasteiger partial charge on any atom is 0.166 e. The molecule has 23 heavy (non-hydrogen) atoms. The molecule has 1 aromatic carbocycles. The highest BCUT2D eigenvalue weighted by molar-refractivity contribution is 5.31. The van der Waals surface area contributed by atoms with Crippen molar-refractivity contribution in [1.82, 2.24) is 0 Å². The zero-order valence-electron chi connectivity index (χ0n) is 14.5. The van der Waals surface area contributed by atoms with Crippen molar-refractivity contribution in [1.29, 1.82) is 0 Å². The van der Waals surface area contributed by atoms with E-state index in [1.807, 2.05) is 20.8 Å². The number of benzene rings is 1. The molecule has 8 nitrogen and oxygen atoms in total. The molecule has 0 radical (unpaired) electrons. The monoisotopic (exact) mass is 330 g/mol.